The van der Waals surface area contributed by atoms with Gasteiger partial charge in [0.1, 0.15) is 24.7 Å². The normalized spacial score (nSPS) is 17.0. The quantitative estimate of drug-likeness (QED) is 0.0272. The van der Waals surface area contributed by atoms with Gasteiger partial charge in [0.2, 0.25) is 11.8 Å². The summed E-state index contributed by atoms with van der Waals surface area (Å²) in [5, 5.41) is 4.92. The number of alkyl halides is 1. The maximum atomic E-state index is 13.4. The third-order valence-corrected chi connectivity index (χ3v) is 15.7. The lowest BCUT2D eigenvalue weighted by Crippen LogP contribution is -2.67. The molecule has 0 unspecified atom stereocenters. The first kappa shape index (κ1) is 44.6. The SMILES string of the molecule is CC(/C=C/CNC(=O)/C=C/[C@@H](C)[C@H](OC(=O)[C@H]1CCCN1C(=O)c1coc(CI)n1)C(C)C)=C\[C@H](CC=O)O[Si](c1ccccc1)(c1ccccc1)C(C)(C)C. The molecule has 3 aromatic rings. The van der Waals surface area contributed by atoms with Crippen LogP contribution in [0.4, 0.5) is 0 Å². The van der Waals surface area contributed by atoms with Crippen LogP contribution in [0.2, 0.25) is 5.04 Å². The highest BCUT2D eigenvalue weighted by atomic mass is 127. The molecule has 1 N–H and O–H groups in total. The molecule has 0 saturated carbocycles. The molecular weight excluding hydrogens is 837 g/mol. The molecule has 0 aliphatic carbocycles. The molecule has 1 aromatic heterocycles. The summed E-state index contributed by atoms with van der Waals surface area (Å²) in [4.78, 5) is 57.0. The van der Waals surface area contributed by atoms with Gasteiger partial charge < -0.3 is 28.6 Å². The van der Waals surface area contributed by atoms with Crippen LogP contribution in [0.5, 0.6) is 0 Å². The van der Waals surface area contributed by atoms with Crippen molar-refractivity contribution in [3.05, 3.63) is 114 Å². The Morgan fingerprint density at radius 1 is 1.04 bits per heavy atom. The Hall–Kier alpha value is -4.14. The molecule has 4 atom stereocenters. The zero-order chi connectivity index (χ0) is 40.9. The highest BCUT2D eigenvalue weighted by molar-refractivity contribution is 14.1. The molecule has 4 rings (SSSR count). The highest BCUT2D eigenvalue weighted by Gasteiger charge is 2.51. The fourth-order valence-corrected chi connectivity index (χ4v) is 12.2. The van der Waals surface area contributed by atoms with Crippen molar-refractivity contribution in [2.24, 2.45) is 11.8 Å². The van der Waals surface area contributed by atoms with Gasteiger partial charge in [-0.25, -0.2) is 9.78 Å². The van der Waals surface area contributed by atoms with Crippen molar-refractivity contribution in [1.82, 2.24) is 15.2 Å². The van der Waals surface area contributed by atoms with E-state index in [2.05, 4.69) is 77.9 Å². The van der Waals surface area contributed by atoms with Crippen LogP contribution in [-0.2, 0) is 28.0 Å². The number of nitrogens with one attached hydrogen (secondary N) is 1. The molecular formula is C44H56IN3O7Si. The average molecular weight is 894 g/mol. The first-order valence-electron chi connectivity index (χ1n) is 19.3. The van der Waals surface area contributed by atoms with Crippen LogP contribution in [0.1, 0.15) is 84.1 Å². The van der Waals surface area contributed by atoms with Gasteiger partial charge in [0.05, 0.1) is 10.5 Å². The van der Waals surface area contributed by atoms with E-state index >= 15 is 0 Å². The topological polar surface area (TPSA) is 128 Å². The summed E-state index contributed by atoms with van der Waals surface area (Å²) in [5.41, 5.74) is 1.09. The van der Waals surface area contributed by atoms with Crippen molar-refractivity contribution in [3.8, 4) is 0 Å². The third-order valence-electron chi connectivity index (χ3n) is 9.95. The number of aldehydes is 1. The van der Waals surface area contributed by atoms with Crippen LogP contribution in [0, 0.1) is 11.8 Å². The third kappa shape index (κ3) is 11.5. The van der Waals surface area contributed by atoms with Gasteiger partial charge in [0.15, 0.2) is 5.69 Å². The van der Waals surface area contributed by atoms with E-state index in [0.29, 0.717) is 29.7 Å². The molecule has 0 bridgehead atoms. The zero-order valence-corrected chi connectivity index (χ0v) is 36.7. The first-order chi connectivity index (χ1) is 26.7. The van der Waals surface area contributed by atoms with E-state index in [1.54, 1.807) is 6.08 Å². The van der Waals surface area contributed by atoms with Crippen LogP contribution in [-0.4, -0.2) is 73.6 Å². The molecule has 2 heterocycles. The minimum atomic E-state index is -2.88. The number of hydrogen-bond acceptors (Lipinski definition) is 8. The summed E-state index contributed by atoms with van der Waals surface area (Å²) in [6, 6.07) is 20.0. The highest BCUT2D eigenvalue weighted by Crippen LogP contribution is 2.38. The van der Waals surface area contributed by atoms with E-state index in [-0.39, 0.29) is 47.3 Å². The molecule has 1 aliphatic heterocycles. The van der Waals surface area contributed by atoms with Crippen molar-refractivity contribution < 1.29 is 32.8 Å². The largest absolute Gasteiger partial charge is 0.460 e. The number of carbonyl (C=O) groups is 4. The van der Waals surface area contributed by atoms with Crippen molar-refractivity contribution in [2.75, 3.05) is 13.1 Å². The monoisotopic (exact) mass is 893 g/mol. The van der Waals surface area contributed by atoms with E-state index in [4.69, 9.17) is 13.6 Å². The molecule has 0 spiro atoms. The average Bonchev–Trinajstić information content (AvgIpc) is 3.87. The number of rotatable bonds is 18. The Kier molecular flexibility index (Phi) is 16.6. The summed E-state index contributed by atoms with van der Waals surface area (Å²) in [7, 11) is -2.88. The predicted molar refractivity (Wildman–Crippen MR) is 230 cm³/mol. The molecule has 10 nitrogen and oxygen atoms in total. The number of amides is 2. The lowest BCUT2D eigenvalue weighted by molar-refractivity contribution is -0.158. The summed E-state index contributed by atoms with van der Waals surface area (Å²) in [6.45, 7) is 15.1. The van der Waals surface area contributed by atoms with Crippen molar-refractivity contribution in [3.63, 3.8) is 0 Å². The minimum Gasteiger partial charge on any atom is -0.460 e. The maximum Gasteiger partial charge on any atom is 0.329 e. The van der Waals surface area contributed by atoms with E-state index in [1.807, 2.05) is 82.3 Å². The fraction of sp³-hybridized carbons (Fsp3) is 0.432. The molecule has 2 amide bonds. The summed E-state index contributed by atoms with van der Waals surface area (Å²) in [6.07, 6.45) is 11.6. The van der Waals surface area contributed by atoms with E-state index in [1.165, 1.54) is 17.2 Å². The van der Waals surface area contributed by atoms with Gasteiger partial charge in [0.25, 0.3) is 14.2 Å². The fourth-order valence-electron chi connectivity index (χ4n) is 7.26. The van der Waals surface area contributed by atoms with Gasteiger partial charge in [-0.1, -0.05) is 155 Å². The van der Waals surface area contributed by atoms with Gasteiger partial charge in [-0.3, -0.25) is 9.59 Å². The van der Waals surface area contributed by atoms with Crippen molar-refractivity contribution >= 4 is 65.4 Å². The Morgan fingerprint density at radius 3 is 2.23 bits per heavy atom. The molecule has 12 heteroatoms. The summed E-state index contributed by atoms with van der Waals surface area (Å²) < 4.78 is 19.0. The lowest BCUT2D eigenvalue weighted by Gasteiger charge is -2.44. The second-order valence-corrected chi connectivity index (χ2v) is 20.6. The van der Waals surface area contributed by atoms with Gasteiger partial charge in [0, 0.05) is 25.4 Å². The number of esters is 1. The van der Waals surface area contributed by atoms with E-state index < -0.39 is 32.5 Å². The maximum absolute atomic E-state index is 13.4. The van der Waals surface area contributed by atoms with Crippen LogP contribution >= 0.6 is 22.6 Å². The van der Waals surface area contributed by atoms with E-state index in [9.17, 15) is 19.2 Å². The zero-order valence-electron chi connectivity index (χ0n) is 33.6. The number of carbonyl (C=O) groups excluding carboxylic acids is 4. The van der Waals surface area contributed by atoms with Gasteiger partial charge >= 0.3 is 5.97 Å². The van der Waals surface area contributed by atoms with Crippen molar-refractivity contribution in [2.45, 2.75) is 95.4 Å². The number of likely N-dealkylation sites (tertiary alicyclic amines) is 1. The lowest BCUT2D eigenvalue weighted by atomic mass is 9.94. The van der Waals surface area contributed by atoms with Gasteiger partial charge in [-0.05, 0) is 47.2 Å². The number of benzene rings is 2. The molecule has 1 fully saturated rings. The Bertz CT molecular complexity index is 1810. The molecule has 300 valence electrons. The Morgan fingerprint density at radius 2 is 1.68 bits per heavy atom. The number of oxazole rings is 1. The molecule has 2 aromatic carbocycles. The predicted octanol–water partition coefficient (Wildman–Crippen LogP) is 7.13. The Balaban J connectivity index is 1.36. The second kappa shape index (κ2) is 20.9. The van der Waals surface area contributed by atoms with Crippen molar-refractivity contribution in [1.29, 1.82) is 0 Å². The van der Waals surface area contributed by atoms with Gasteiger partial charge in [-0.2, -0.15) is 0 Å². The van der Waals surface area contributed by atoms with Crippen LogP contribution < -0.4 is 15.7 Å². The number of allylic oxidation sites excluding steroid dienone is 2. The first-order valence-corrected chi connectivity index (χ1v) is 22.7. The number of nitrogens with zero attached hydrogens (tertiary/aromatic N) is 2. The number of ether oxygens (including phenoxy) is 1. The number of hydrogen-bond donors (Lipinski definition) is 1. The van der Waals surface area contributed by atoms with E-state index in [0.717, 1.165) is 22.2 Å². The van der Waals surface area contributed by atoms with Crippen LogP contribution in [0.15, 0.2) is 107 Å². The van der Waals surface area contributed by atoms with Gasteiger partial charge in [-0.15, -0.1) is 0 Å². The van der Waals surface area contributed by atoms with Crippen LogP contribution in [0.25, 0.3) is 0 Å². The Labute approximate surface area is 346 Å². The summed E-state index contributed by atoms with van der Waals surface area (Å²) >= 11 is 2.11. The molecule has 1 saturated heterocycles. The van der Waals surface area contributed by atoms with Crippen LogP contribution in [0.3, 0.4) is 0 Å². The molecule has 1 aliphatic rings. The smallest absolute Gasteiger partial charge is 0.329 e. The minimum absolute atomic E-state index is 0.0321. The summed E-state index contributed by atoms with van der Waals surface area (Å²) in [5.74, 6) is -0.927. The molecule has 56 heavy (non-hydrogen) atoms. The molecule has 0 radical (unpaired) electrons. The standard InChI is InChI=1S/C44H56IN3O7Si/c1-31(2)41(54-43(52)38-21-15-26-48(38)42(51)37-30-53-40(29-45)47-37)33(4)22-23-39(50)46-25-14-16-32(3)28-34(24-27-49)55-56(44(5,6)7,35-17-10-8-11-18-35)36-19-12-9-13-20-36/h8-14,16-20,22-23,27-28,30-31,33-34,38,41H,15,21,24-26,29H2,1-7H3,(H,46,50)/b16-14+,23-22+,32-28+/t33-,34+,38-,41-/m1/s1. The number of aromatic nitrogens is 1. The second-order valence-electron chi connectivity index (χ2n) is 15.6. The number of halogens is 1.